The van der Waals surface area contributed by atoms with Crippen molar-refractivity contribution in [3.8, 4) is 5.69 Å². The van der Waals surface area contributed by atoms with Crippen molar-refractivity contribution >= 4 is 23.4 Å². The Hall–Kier alpha value is -2.26. The van der Waals surface area contributed by atoms with Gasteiger partial charge in [0.2, 0.25) is 0 Å². The first-order valence-electron chi connectivity index (χ1n) is 6.93. The standard InChI is InChI=1S/C15H10ClF3N4OS/c16-11-6-9(15(17,18)19)7-20-12(11)8-25-14-22-21-13(24)23(14)10-4-2-1-3-5-10/h1-7H,8H2,(H,21,24). The van der Waals surface area contributed by atoms with Crippen molar-refractivity contribution in [2.24, 2.45) is 0 Å². The van der Waals surface area contributed by atoms with Crippen LogP contribution in [0, 0.1) is 0 Å². The van der Waals surface area contributed by atoms with Gasteiger partial charge >= 0.3 is 11.9 Å². The Morgan fingerprint density at radius 3 is 2.60 bits per heavy atom. The minimum absolute atomic E-state index is 0.0912. The third-order valence-electron chi connectivity index (χ3n) is 3.24. The van der Waals surface area contributed by atoms with Gasteiger partial charge < -0.3 is 0 Å². The Morgan fingerprint density at radius 2 is 1.96 bits per heavy atom. The van der Waals surface area contributed by atoms with E-state index in [1.165, 1.54) is 4.57 Å². The molecule has 2 aromatic heterocycles. The Bertz CT molecular complexity index is 940. The zero-order valence-corrected chi connectivity index (χ0v) is 14.0. The summed E-state index contributed by atoms with van der Waals surface area (Å²) < 4.78 is 39.3. The largest absolute Gasteiger partial charge is 0.417 e. The summed E-state index contributed by atoms with van der Waals surface area (Å²) in [5, 5.41) is 6.55. The van der Waals surface area contributed by atoms with Gasteiger partial charge in [0.25, 0.3) is 0 Å². The summed E-state index contributed by atoms with van der Waals surface area (Å²) in [7, 11) is 0. The molecular weight excluding hydrogens is 377 g/mol. The molecule has 0 saturated heterocycles. The van der Waals surface area contributed by atoms with Crippen molar-refractivity contribution in [3.05, 3.63) is 69.4 Å². The minimum atomic E-state index is -4.50. The summed E-state index contributed by atoms with van der Waals surface area (Å²) in [6.45, 7) is 0. The molecule has 0 aliphatic rings. The smallest absolute Gasteiger partial charge is 0.258 e. The molecule has 25 heavy (non-hydrogen) atoms. The molecule has 130 valence electrons. The number of rotatable bonds is 4. The molecule has 0 bridgehead atoms. The maximum Gasteiger partial charge on any atom is 0.417 e. The normalized spacial score (nSPS) is 11.7. The number of aromatic nitrogens is 4. The molecule has 1 aromatic carbocycles. The molecular formula is C15H10ClF3N4OS. The average molecular weight is 387 g/mol. The predicted octanol–water partition coefficient (Wildman–Crippen LogP) is 3.92. The number of nitrogens with zero attached hydrogens (tertiary/aromatic N) is 3. The van der Waals surface area contributed by atoms with E-state index in [1.54, 1.807) is 24.3 Å². The molecule has 0 aliphatic heterocycles. The lowest BCUT2D eigenvalue weighted by molar-refractivity contribution is -0.137. The fourth-order valence-corrected chi connectivity index (χ4v) is 3.28. The number of para-hydroxylation sites is 1. The van der Waals surface area contributed by atoms with Gasteiger partial charge in [-0.1, -0.05) is 41.6 Å². The second-order valence-corrected chi connectivity index (χ2v) is 6.27. The number of aromatic amines is 1. The highest BCUT2D eigenvalue weighted by atomic mass is 35.5. The first-order valence-corrected chi connectivity index (χ1v) is 8.30. The van der Waals surface area contributed by atoms with Crippen molar-refractivity contribution in [2.75, 3.05) is 0 Å². The van der Waals surface area contributed by atoms with Crippen LogP contribution in [0.3, 0.4) is 0 Å². The number of halogens is 4. The molecule has 0 unspecified atom stereocenters. The van der Waals surface area contributed by atoms with Gasteiger partial charge in [0, 0.05) is 11.9 Å². The Balaban J connectivity index is 1.83. The number of thioether (sulfide) groups is 1. The van der Waals surface area contributed by atoms with Crippen molar-refractivity contribution in [3.63, 3.8) is 0 Å². The monoisotopic (exact) mass is 386 g/mol. The average Bonchev–Trinajstić information content (AvgIpc) is 2.94. The van der Waals surface area contributed by atoms with E-state index in [4.69, 9.17) is 11.6 Å². The highest BCUT2D eigenvalue weighted by Gasteiger charge is 2.31. The molecule has 0 saturated carbocycles. The molecule has 0 fully saturated rings. The fourth-order valence-electron chi connectivity index (χ4n) is 2.04. The number of nitrogens with one attached hydrogen (secondary N) is 1. The van der Waals surface area contributed by atoms with E-state index in [9.17, 15) is 18.0 Å². The van der Waals surface area contributed by atoms with Crippen LogP contribution in [-0.4, -0.2) is 19.7 Å². The highest BCUT2D eigenvalue weighted by molar-refractivity contribution is 7.98. The molecule has 5 nitrogen and oxygen atoms in total. The lowest BCUT2D eigenvalue weighted by Gasteiger charge is -2.09. The van der Waals surface area contributed by atoms with Gasteiger partial charge in [0.15, 0.2) is 5.16 Å². The van der Waals surface area contributed by atoms with E-state index >= 15 is 0 Å². The Labute approximate surface area is 148 Å². The molecule has 1 N–H and O–H groups in total. The first kappa shape index (κ1) is 17.6. The van der Waals surface area contributed by atoms with Crippen LogP contribution in [0.4, 0.5) is 13.2 Å². The molecule has 0 aliphatic carbocycles. The number of pyridine rings is 1. The summed E-state index contributed by atoms with van der Waals surface area (Å²) in [4.78, 5) is 15.7. The molecule has 10 heteroatoms. The summed E-state index contributed by atoms with van der Waals surface area (Å²) in [5.74, 6) is 0.161. The van der Waals surface area contributed by atoms with Crippen molar-refractivity contribution in [2.45, 2.75) is 17.1 Å². The Kier molecular flexibility index (Phi) is 4.87. The zero-order valence-electron chi connectivity index (χ0n) is 12.4. The number of H-pyrrole nitrogens is 1. The van der Waals surface area contributed by atoms with Crippen LogP contribution in [0.25, 0.3) is 5.69 Å². The maximum atomic E-state index is 12.6. The lowest BCUT2D eigenvalue weighted by Crippen LogP contribution is -2.15. The van der Waals surface area contributed by atoms with E-state index < -0.39 is 17.4 Å². The SMILES string of the molecule is O=c1[nH]nc(SCc2ncc(C(F)(F)F)cc2Cl)n1-c1ccccc1. The van der Waals surface area contributed by atoms with Crippen LogP contribution in [0.2, 0.25) is 5.02 Å². The van der Waals surface area contributed by atoms with Gasteiger partial charge in [0.05, 0.1) is 22.0 Å². The van der Waals surface area contributed by atoms with Crippen LogP contribution < -0.4 is 5.69 Å². The molecule has 0 radical (unpaired) electrons. The molecule has 0 spiro atoms. The third kappa shape index (κ3) is 3.88. The van der Waals surface area contributed by atoms with Crippen LogP contribution in [-0.2, 0) is 11.9 Å². The minimum Gasteiger partial charge on any atom is -0.258 e. The van der Waals surface area contributed by atoms with E-state index in [-0.39, 0.29) is 16.5 Å². The molecule has 0 atom stereocenters. The number of benzene rings is 1. The van der Waals surface area contributed by atoms with Crippen LogP contribution in [0.5, 0.6) is 0 Å². The van der Waals surface area contributed by atoms with Gasteiger partial charge in [-0.2, -0.15) is 13.2 Å². The topological polar surface area (TPSA) is 63.6 Å². The molecule has 3 rings (SSSR count). The van der Waals surface area contributed by atoms with Crippen molar-refractivity contribution in [1.29, 1.82) is 0 Å². The first-order chi connectivity index (χ1) is 11.9. The van der Waals surface area contributed by atoms with E-state index in [0.29, 0.717) is 10.8 Å². The van der Waals surface area contributed by atoms with Gasteiger partial charge in [0.1, 0.15) is 0 Å². The predicted molar refractivity (Wildman–Crippen MR) is 88.0 cm³/mol. The number of hydrogen-bond acceptors (Lipinski definition) is 4. The number of hydrogen-bond donors (Lipinski definition) is 1. The van der Waals surface area contributed by atoms with Crippen LogP contribution >= 0.6 is 23.4 Å². The lowest BCUT2D eigenvalue weighted by atomic mass is 10.2. The molecule has 2 heterocycles. The van der Waals surface area contributed by atoms with Crippen molar-refractivity contribution < 1.29 is 13.2 Å². The third-order valence-corrected chi connectivity index (χ3v) is 4.52. The summed E-state index contributed by atoms with van der Waals surface area (Å²) in [5.41, 5.74) is -0.433. The Morgan fingerprint density at radius 1 is 1.24 bits per heavy atom. The second-order valence-electron chi connectivity index (χ2n) is 4.92. The summed E-state index contributed by atoms with van der Waals surface area (Å²) >= 11 is 7.03. The van der Waals surface area contributed by atoms with Crippen LogP contribution in [0.1, 0.15) is 11.3 Å². The van der Waals surface area contributed by atoms with Crippen molar-refractivity contribution in [1.82, 2.24) is 19.7 Å². The quantitative estimate of drug-likeness (QED) is 0.690. The van der Waals surface area contributed by atoms with E-state index in [1.807, 2.05) is 6.07 Å². The number of alkyl halides is 3. The van der Waals surface area contributed by atoms with Gasteiger partial charge in [-0.25, -0.2) is 14.5 Å². The molecule has 0 amide bonds. The van der Waals surface area contributed by atoms with Crippen LogP contribution in [0.15, 0.2) is 52.5 Å². The van der Waals surface area contributed by atoms with Gasteiger partial charge in [-0.15, -0.1) is 5.10 Å². The van der Waals surface area contributed by atoms with E-state index in [2.05, 4.69) is 15.2 Å². The summed E-state index contributed by atoms with van der Waals surface area (Å²) in [6, 6.07) is 9.68. The second kappa shape index (κ2) is 6.93. The maximum absolute atomic E-state index is 12.6. The molecule has 3 aromatic rings. The zero-order chi connectivity index (χ0) is 18.0. The van der Waals surface area contributed by atoms with Gasteiger partial charge in [-0.05, 0) is 18.2 Å². The summed E-state index contributed by atoms with van der Waals surface area (Å²) in [6.07, 6.45) is -3.77. The highest BCUT2D eigenvalue weighted by Crippen LogP contribution is 2.32. The fraction of sp³-hybridized carbons (Fsp3) is 0.133. The van der Waals surface area contributed by atoms with E-state index in [0.717, 1.165) is 24.0 Å². The van der Waals surface area contributed by atoms with Gasteiger partial charge in [-0.3, -0.25) is 4.98 Å².